The number of thioether (sulfide) groups is 1. The summed E-state index contributed by atoms with van der Waals surface area (Å²) in [7, 11) is 0. The van der Waals surface area contributed by atoms with Gasteiger partial charge in [0.2, 0.25) is 5.91 Å². The molecule has 0 saturated heterocycles. The van der Waals surface area contributed by atoms with Crippen LogP contribution in [0.15, 0.2) is 41.7 Å². The monoisotopic (exact) mass is 451 g/mol. The molecule has 0 aliphatic rings. The lowest BCUT2D eigenvalue weighted by molar-refractivity contribution is -0.113. The number of hydrogen-bond acceptors (Lipinski definition) is 6. The molecule has 7 nitrogen and oxygen atoms in total. The number of nitrogens with zero attached hydrogens (tertiary/aromatic N) is 4. The van der Waals surface area contributed by atoms with E-state index in [2.05, 4.69) is 20.5 Å². The van der Waals surface area contributed by atoms with Gasteiger partial charge in [-0.25, -0.2) is 4.98 Å². The van der Waals surface area contributed by atoms with Gasteiger partial charge in [0.05, 0.1) is 11.4 Å². The number of aryl methyl sites for hydroxylation is 1. The number of pyridine rings is 1. The number of benzene rings is 1. The fraction of sp³-hybridized carbons (Fsp3) is 0.263. The molecule has 1 aromatic carbocycles. The van der Waals surface area contributed by atoms with Crippen molar-refractivity contribution >= 4 is 46.6 Å². The largest absolute Gasteiger partial charge is 0.485 e. The maximum Gasteiger partial charge on any atom is 0.234 e. The van der Waals surface area contributed by atoms with Crippen LogP contribution in [0.5, 0.6) is 5.75 Å². The first-order valence-electron chi connectivity index (χ1n) is 8.82. The van der Waals surface area contributed by atoms with Crippen LogP contribution in [-0.2, 0) is 17.9 Å². The summed E-state index contributed by atoms with van der Waals surface area (Å²) in [5, 5.41) is 12.7. The van der Waals surface area contributed by atoms with Crippen molar-refractivity contribution in [3.63, 3.8) is 0 Å². The Morgan fingerprint density at radius 2 is 2.10 bits per heavy atom. The van der Waals surface area contributed by atoms with Crippen LogP contribution in [0.4, 0.5) is 5.69 Å². The van der Waals surface area contributed by atoms with E-state index < -0.39 is 0 Å². The van der Waals surface area contributed by atoms with Crippen molar-refractivity contribution in [1.82, 2.24) is 19.7 Å². The SMILES string of the molecule is CCn1c(COc2ccc(Cl)cc2C)nnc1SCC(=O)Nc1cccnc1Cl. The zero-order valence-electron chi connectivity index (χ0n) is 15.9. The van der Waals surface area contributed by atoms with Gasteiger partial charge in [0.15, 0.2) is 16.1 Å². The van der Waals surface area contributed by atoms with Gasteiger partial charge in [-0.15, -0.1) is 10.2 Å². The Kier molecular flexibility index (Phi) is 7.35. The number of rotatable bonds is 8. The number of carbonyl (C=O) groups excluding carboxylic acids is 1. The summed E-state index contributed by atoms with van der Waals surface area (Å²) in [5.74, 6) is 1.38. The predicted octanol–water partition coefficient (Wildman–Crippen LogP) is 4.62. The van der Waals surface area contributed by atoms with Gasteiger partial charge in [0.1, 0.15) is 12.4 Å². The van der Waals surface area contributed by atoms with Gasteiger partial charge >= 0.3 is 0 Å². The number of hydrogen-bond donors (Lipinski definition) is 1. The Morgan fingerprint density at radius 3 is 2.83 bits per heavy atom. The van der Waals surface area contributed by atoms with Gasteiger partial charge in [-0.3, -0.25) is 4.79 Å². The van der Waals surface area contributed by atoms with Crippen molar-refractivity contribution in [2.24, 2.45) is 0 Å². The van der Waals surface area contributed by atoms with E-state index in [9.17, 15) is 4.79 Å². The highest BCUT2D eigenvalue weighted by atomic mass is 35.5. The summed E-state index contributed by atoms with van der Waals surface area (Å²) in [6, 6.07) is 8.85. The van der Waals surface area contributed by atoms with Gasteiger partial charge in [-0.1, -0.05) is 35.0 Å². The fourth-order valence-corrected chi connectivity index (χ4v) is 3.78. The minimum absolute atomic E-state index is 0.167. The number of amides is 1. The first-order valence-corrected chi connectivity index (χ1v) is 10.6. The molecule has 2 heterocycles. The molecule has 3 aromatic rings. The molecule has 152 valence electrons. The molecule has 0 saturated carbocycles. The summed E-state index contributed by atoms with van der Waals surface area (Å²) < 4.78 is 7.78. The third-order valence-corrected chi connectivity index (χ3v) is 5.47. The Morgan fingerprint density at radius 1 is 1.28 bits per heavy atom. The molecule has 0 spiro atoms. The van der Waals surface area contributed by atoms with Crippen LogP contribution in [-0.4, -0.2) is 31.4 Å². The molecule has 0 fully saturated rings. The van der Waals surface area contributed by atoms with Crippen LogP contribution in [0.1, 0.15) is 18.3 Å². The van der Waals surface area contributed by atoms with E-state index in [4.69, 9.17) is 27.9 Å². The lowest BCUT2D eigenvalue weighted by atomic mass is 10.2. The van der Waals surface area contributed by atoms with Crippen LogP contribution in [0, 0.1) is 6.92 Å². The summed E-state index contributed by atoms with van der Waals surface area (Å²) >= 11 is 13.2. The predicted molar refractivity (Wildman–Crippen MR) is 115 cm³/mol. The normalized spacial score (nSPS) is 10.8. The standard InChI is InChI=1S/C19H19Cl2N5O2S/c1-3-26-16(10-28-15-7-6-13(20)9-12(15)2)24-25-19(26)29-11-17(27)23-14-5-4-8-22-18(14)21/h4-9H,3,10-11H2,1-2H3,(H,23,27). The molecule has 0 atom stereocenters. The van der Waals surface area contributed by atoms with E-state index in [1.54, 1.807) is 24.4 Å². The van der Waals surface area contributed by atoms with Gasteiger partial charge in [-0.2, -0.15) is 0 Å². The molecular weight excluding hydrogens is 433 g/mol. The third kappa shape index (κ3) is 5.62. The maximum atomic E-state index is 12.2. The highest BCUT2D eigenvalue weighted by molar-refractivity contribution is 7.99. The van der Waals surface area contributed by atoms with E-state index in [0.29, 0.717) is 28.2 Å². The van der Waals surface area contributed by atoms with E-state index in [1.165, 1.54) is 11.8 Å². The number of ether oxygens (including phenoxy) is 1. The van der Waals surface area contributed by atoms with E-state index in [-0.39, 0.29) is 23.4 Å². The molecule has 1 N–H and O–H groups in total. The second-order valence-corrected chi connectivity index (χ2v) is 7.76. The zero-order valence-corrected chi connectivity index (χ0v) is 18.2. The molecular formula is C19H19Cl2N5O2S. The number of halogens is 2. The lowest BCUT2D eigenvalue weighted by Crippen LogP contribution is -2.15. The highest BCUT2D eigenvalue weighted by Crippen LogP contribution is 2.24. The highest BCUT2D eigenvalue weighted by Gasteiger charge is 2.15. The average molecular weight is 452 g/mol. The van der Waals surface area contributed by atoms with E-state index in [0.717, 1.165) is 11.3 Å². The Bertz CT molecular complexity index is 1010. The lowest BCUT2D eigenvalue weighted by Gasteiger charge is -2.11. The summed E-state index contributed by atoms with van der Waals surface area (Å²) in [6.07, 6.45) is 1.56. The molecule has 0 bridgehead atoms. The summed E-state index contributed by atoms with van der Waals surface area (Å²) in [5.41, 5.74) is 1.42. The maximum absolute atomic E-state index is 12.2. The molecule has 0 aliphatic heterocycles. The van der Waals surface area contributed by atoms with Crippen LogP contribution in [0.3, 0.4) is 0 Å². The molecule has 0 unspecified atom stereocenters. The molecule has 1 amide bonds. The van der Waals surface area contributed by atoms with Crippen LogP contribution in [0.25, 0.3) is 0 Å². The van der Waals surface area contributed by atoms with E-state index >= 15 is 0 Å². The van der Waals surface area contributed by atoms with Crippen molar-refractivity contribution in [3.8, 4) is 5.75 Å². The minimum Gasteiger partial charge on any atom is -0.485 e. The van der Waals surface area contributed by atoms with Gasteiger partial charge in [-0.05, 0) is 49.7 Å². The Labute approximate surface area is 182 Å². The number of carbonyl (C=O) groups is 1. The number of nitrogens with one attached hydrogen (secondary N) is 1. The zero-order chi connectivity index (χ0) is 20.8. The van der Waals surface area contributed by atoms with Crippen LogP contribution < -0.4 is 10.1 Å². The first kappa shape index (κ1) is 21.4. The van der Waals surface area contributed by atoms with Gasteiger partial charge < -0.3 is 14.6 Å². The number of aromatic nitrogens is 4. The molecule has 2 aromatic heterocycles. The first-order chi connectivity index (χ1) is 14.0. The van der Waals surface area contributed by atoms with E-state index in [1.807, 2.05) is 30.5 Å². The smallest absolute Gasteiger partial charge is 0.234 e. The fourth-order valence-electron chi connectivity index (χ4n) is 2.56. The molecule has 0 aliphatic carbocycles. The number of anilines is 1. The Balaban J connectivity index is 1.60. The molecule has 3 rings (SSSR count). The molecule has 29 heavy (non-hydrogen) atoms. The van der Waals surface area contributed by atoms with Crippen molar-refractivity contribution in [2.75, 3.05) is 11.1 Å². The third-order valence-electron chi connectivity index (χ3n) is 3.97. The summed E-state index contributed by atoms with van der Waals surface area (Å²) in [4.78, 5) is 16.1. The second-order valence-electron chi connectivity index (χ2n) is 6.02. The van der Waals surface area contributed by atoms with Crippen molar-refractivity contribution in [3.05, 3.63) is 58.1 Å². The Hall–Kier alpha value is -2.29. The van der Waals surface area contributed by atoms with Crippen LogP contribution in [0.2, 0.25) is 10.2 Å². The van der Waals surface area contributed by atoms with Crippen LogP contribution >= 0.6 is 35.0 Å². The summed E-state index contributed by atoms with van der Waals surface area (Å²) in [6.45, 7) is 4.84. The second kappa shape index (κ2) is 9.96. The van der Waals surface area contributed by atoms with Gasteiger partial charge in [0, 0.05) is 17.8 Å². The van der Waals surface area contributed by atoms with Crippen molar-refractivity contribution < 1.29 is 9.53 Å². The van der Waals surface area contributed by atoms with Crippen molar-refractivity contribution in [2.45, 2.75) is 32.2 Å². The molecule has 10 heteroatoms. The topological polar surface area (TPSA) is 81.9 Å². The van der Waals surface area contributed by atoms with Crippen molar-refractivity contribution in [1.29, 1.82) is 0 Å². The van der Waals surface area contributed by atoms with Gasteiger partial charge in [0.25, 0.3) is 0 Å². The minimum atomic E-state index is -0.204. The average Bonchev–Trinajstić information content (AvgIpc) is 3.09. The molecule has 0 radical (unpaired) electrons. The quantitative estimate of drug-likeness (QED) is 0.397.